The van der Waals surface area contributed by atoms with Gasteiger partial charge in [-0.1, -0.05) is 17.7 Å². The molecule has 0 aliphatic rings. The predicted octanol–water partition coefficient (Wildman–Crippen LogP) is 0.402. The fraction of sp³-hybridized carbons (Fsp3) is 0.214. The van der Waals surface area contributed by atoms with Gasteiger partial charge in [-0.05, 0) is 19.1 Å². The molecule has 128 valence electrons. The summed E-state index contributed by atoms with van der Waals surface area (Å²) in [6, 6.07) is 3.45. The van der Waals surface area contributed by atoms with E-state index in [0.717, 1.165) is 5.56 Å². The van der Waals surface area contributed by atoms with Crippen LogP contribution in [0.2, 0.25) is 0 Å². The Morgan fingerprint density at radius 2 is 1.96 bits per heavy atom. The largest absolute Gasteiger partial charge is 0.480 e. The number of urea groups is 1. The number of aliphatic carboxylic acids is 1. The van der Waals surface area contributed by atoms with Crippen molar-refractivity contribution in [2.45, 2.75) is 24.3 Å². The first-order chi connectivity index (χ1) is 11.3. The Morgan fingerprint density at radius 1 is 1.29 bits per heavy atom. The van der Waals surface area contributed by atoms with Crippen LogP contribution in [0.4, 0.5) is 4.79 Å². The highest BCUT2D eigenvalue weighted by atomic mass is 32.2. The van der Waals surface area contributed by atoms with E-state index in [9.17, 15) is 18.0 Å². The lowest BCUT2D eigenvalue weighted by Gasteiger charge is -2.14. The number of aryl methyl sites for hydroxylation is 1. The van der Waals surface area contributed by atoms with Gasteiger partial charge in [0.2, 0.25) is 0 Å². The van der Waals surface area contributed by atoms with Crippen molar-refractivity contribution in [2.24, 2.45) is 0 Å². The number of nitrogens with one attached hydrogen (secondary N) is 3. The molecule has 4 N–H and O–H groups in total. The second-order valence-corrected chi connectivity index (χ2v) is 6.75. The van der Waals surface area contributed by atoms with Gasteiger partial charge < -0.3 is 15.4 Å². The average Bonchev–Trinajstić information content (AvgIpc) is 2.99. The van der Waals surface area contributed by atoms with Gasteiger partial charge in [-0.2, -0.15) is 0 Å². The van der Waals surface area contributed by atoms with Crippen LogP contribution in [0.15, 0.2) is 41.7 Å². The third kappa shape index (κ3) is 4.56. The standard InChI is InChI=1S/C14H16N4O5S/c1-9-2-4-11(5-3-9)24(22,23)18-14(21)17-12(13(19)20)6-10-7-15-8-16-10/h2-5,7-8,12H,6H2,1H3,(H,15,16)(H,19,20)(H2,17,18,21)/t12-/m0/s1. The normalized spacial score (nSPS) is 12.4. The van der Waals surface area contributed by atoms with Gasteiger partial charge in [-0.25, -0.2) is 27.7 Å². The monoisotopic (exact) mass is 352 g/mol. The zero-order chi connectivity index (χ0) is 17.7. The summed E-state index contributed by atoms with van der Waals surface area (Å²) >= 11 is 0. The highest BCUT2D eigenvalue weighted by Gasteiger charge is 2.24. The summed E-state index contributed by atoms with van der Waals surface area (Å²) in [5, 5.41) is 11.3. The lowest BCUT2D eigenvalue weighted by atomic mass is 10.2. The second-order valence-electron chi connectivity index (χ2n) is 5.06. The second kappa shape index (κ2) is 7.13. The molecule has 0 aliphatic carbocycles. The van der Waals surface area contributed by atoms with Crippen LogP contribution in [-0.4, -0.2) is 41.5 Å². The lowest BCUT2D eigenvalue weighted by Crippen LogP contribution is -2.48. The molecule has 2 amide bonds. The average molecular weight is 352 g/mol. The number of imidazole rings is 1. The molecule has 0 fully saturated rings. The minimum Gasteiger partial charge on any atom is -0.480 e. The molecule has 0 spiro atoms. The molecular weight excluding hydrogens is 336 g/mol. The third-order valence-corrected chi connectivity index (χ3v) is 4.49. The van der Waals surface area contributed by atoms with E-state index in [-0.39, 0.29) is 11.3 Å². The maximum Gasteiger partial charge on any atom is 0.329 e. The van der Waals surface area contributed by atoms with Gasteiger partial charge in [0.1, 0.15) is 6.04 Å². The van der Waals surface area contributed by atoms with Gasteiger partial charge in [0.25, 0.3) is 10.0 Å². The van der Waals surface area contributed by atoms with Crippen LogP contribution in [0.3, 0.4) is 0 Å². The number of carboxylic acids is 1. The Hall–Kier alpha value is -2.88. The van der Waals surface area contributed by atoms with Crippen molar-refractivity contribution in [1.29, 1.82) is 0 Å². The van der Waals surface area contributed by atoms with Crippen molar-refractivity contribution >= 4 is 22.0 Å². The fourth-order valence-corrected chi connectivity index (χ4v) is 2.82. The van der Waals surface area contributed by atoms with E-state index in [2.05, 4.69) is 15.3 Å². The van der Waals surface area contributed by atoms with Crippen LogP contribution in [0, 0.1) is 6.92 Å². The Balaban J connectivity index is 2.04. The molecule has 0 bridgehead atoms. The minimum absolute atomic E-state index is 0.0622. The number of rotatable bonds is 6. The van der Waals surface area contributed by atoms with E-state index >= 15 is 0 Å². The summed E-state index contributed by atoms with van der Waals surface area (Å²) in [5.41, 5.74) is 1.35. The highest BCUT2D eigenvalue weighted by Crippen LogP contribution is 2.09. The molecule has 1 atom stereocenters. The first-order valence-corrected chi connectivity index (χ1v) is 8.36. The smallest absolute Gasteiger partial charge is 0.329 e. The molecule has 0 saturated heterocycles. The minimum atomic E-state index is -4.08. The number of amides is 2. The van der Waals surface area contributed by atoms with Crippen molar-refractivity contribution in [2.75, 3.05) is 0 Å². The van der Waals surface area contributed by atoms with Gasteiger partial charge >= 0.3 is 12.0 Å². The zero-order valence-corrected chi connectivity index (χ0v) is 13.5. The highest BCUT2D eigenvalue weighted by molar-refractivity contribution is 7.90. The maximum absolute atomic E-state index is 12.1. The Kier molecular flexibility index (Phi) is 5.19. The van der Waals surface area contributed by atoms with E-state index in [1.165, 1.54) is 24.7 Å². The number of H-pyrrole nitrogens is 1. The number of carbonyl (C=O) groups is 2. The van der Waals surface area contributed by atoms with Crippen LogP contribution in [0.1, 0.15) is 11.3 Å². The Bertz CT molecular complexity index is 815. The van der Waals surface area contributed by atoms with Crippen LogP contribution in [0.25, 0.3) is 0 Å². The van der Waals surface area contributed by atoms with Gasteiger partial charge in [-0.15, -0.1) is 0 Å². The number of hydrogen-bond acceptors (Lipinski definition) is 5. The number of hydrogen-bond donors (Lipinski definition) is 4. The van der Waals surface area contributed by atoms with Crippen LogP contribution >= 0.6 is 0 Å². The molecule has 0 unspecified atom stereocenters. The number of carbonyl (C=O) groups excluding carboxylic acids is 1. The molecule has 1 aromatic carbocycles. The van der Waals surface area contributed by atoms with Crippen molar-refractivity contribution in [3.8, 4) is 0 Å². The number of aromatic nitrogens is 2. The quantitative estimate of drug-likeness (QED) is 0.593. The predicted molar refractivity (Wildman–Crippen MR) is 83.7 cm³/mol. The molecule has 0 saturated carbocycles. The van der Waals surface area contributed by atoms with Gasteiger partial charge in [0.15, 0.2) is 0 Å². The van der Waals surface area contributed by atoms with E-state index in [1.807, 2.05) is 0 Å². The molecular formula is C14H16N4O5S. The number of aromatic amines is 1. The number of carboxylic acid groups (broad SMARTS) is 1. The first-order valence-electron chi connectivity index (χ1n) is 6.88. The summed E-state index contributed by atoms with van der Waals surface area (Å²) in [5.74, 6) is -1.30. The zero-order valence-electron chi connectivity index (χ0n) is 12.7. The van der Waals surface area contributed by atoms with Crippen molar-refractivity contribution in [3.05, 3.63) is 48.0 Å². The molecule has 24 heavy (non-hydrogen) atoms. The van der Waals surface area contributed by atoms with E-state index in [1.54, 1.807) is 23.8 Å². The molecule has 0 radical (unpaired) electrons. The topological polar surface area (TPSA) is 141 Å². The molecule has 2 rings (SSSR count). The summed E-state index contributed by atoms with van der Waals surface area (Å²) in [6.07, 6.45) is 2.72. The summed E-state index contributed by atoms with van der Waals surface area (Å²) in [7, 11) is -4.08. The van der Waals surface area contributed by atoms with Crippen LogP contribution in [-0.2, 0) is 21.2 Å². The van der Waals surface area contributed by atoms with Gasteiger partial charge in [0, 0.05) is 18.3 Å². The summed E-state index contributed by atoms with van der Waals surface area (Å²) in [6.45, 7) is 1.80. The van der Waals surface area contributed by atoms with Crippen LogP contribution < -0.4 is 10.0 Å². The fourth-order valence-electron chi connectivity index (χ4n) is 1.90. The van der Waals surface area contributed by atoms with Gasteiger partial charge in [-0.3, -0.25) is 0 Å². The third-order valence-electron chi connectivity index (χ3n) is 3.14. The molecule has 1 heterocycles. The summed E-state index contributed by atoms with van der Waals surface area (Å²) in [4.78, 5) is 29.4. The van der Waals surface area contributed by atoms with Crippen molar-refractivity contribution < 1.29 is 23.1 Å². The Labute approximate surface area is 138 Å². The molecule has 9 nitrogen and oxygen atoms in total. The molecule has 0 aliphatic heterocycles. The number of benzene rings is 1. The van der Waals surface area contributed by atoms with E-state index in [4.69, 9.17) is 5.11 Å². The van der Waals surface area contributed by atoms with Crippen molar-refractivity contribution in [1.82, 2.24) is 20.0 Å². The van der Waals surface area contributed by atoms with E-state index in [0.29, 0.717) is 5.69 Å². The molecule has 2 aromatic rings. The molecule has 1 aromatic heterocycles. The number of nitrogens with zero attached hydrogens (tertiary/aromatic N) is 1. The Morgan fingerprint density at radius 3 is 2.50 bits per heavy atom. The van der Waals surface area contributed by atoms with Crippen LogP contribution in [0.5, 0.6) is 0 Å². The first kappa shape index (κ1) is 17.5. The van der Waals surface area contributed by atoms with Gasteiger partial charge in [0.05, 0.1) is 11.2 Å². The molecule has 10 heteroatoms. The lowest BCUT2D eigenvalue weighted by molar-refractivity contribution is -0.139. The SMILES string of the molecule is Cc1ccc(S(=O)(=O)NC(=O)N[C@@H](Cc2cnc[nH]2)C(=O)O)cc1. The van der Waals surface area contributed by atoms with Crippen molar-refractivity contribution in [3.63, 3.8) is 0 Å². The number of sulfonamides is 1. The summed E-state index contributed by atoms with van der Waals surface area (Å²) < 4.78 is 26.0. The maximum atomic E-state index is 12.1. The van der Waals surface area contributed by atoms with E-state index < -0.39 is 28.1 Å².